The summed E-state index contributed by atoms with van der Waals surface area (Å²) in [6.45, 7) is 3.84. The van der Waals surface area contributed by atoms with E-state index in [0.717, 1.165) is 5.69 Å². The van der Waals surface area contributed by atoms with Crippen molar-refractivity contribution in [3.05, 3.63) is 11.4 Å². The van der Waals surface area contributed by atoms with Crippen LogP contribution < -0.4 is 5.73 Å². The average molecular weight is 240 g/mol. The summed E-state index contributed by atoms with van der Waals surface area (Å²) < 4.78 is 1.50. The van der Waals surface area contributed by atoms with Crippen molar-refractivity contribution in [1.82, 2.24) is 14.7 Å². The number of aryl methyl sites for hydroxylation is 2. The van der Waals surface area contributed by atoms with Crippen LogP contribution in [0.25, 0.3) is 0 Å². The summed E-state index contributed by atoms with van der Waals surface area (Å²) in [6.07, 6.45) is 0.122. The lowest BCUT2D eigenvalue weighted by molar-refractivity contribution is 0.0694. The van der Waals surface area contributed by atoms with Crippen LogP contribution in [0.15, 0.2) is 0 Å². The second-order valence-electron chi connectivity index (χ2n) is 4.22. The van der Waals surface area contributed by atoms with Crippen LogP contribution in [0.1, 0.15) is 30.0 Å². The van der Waals surface area contributed by atoms with E-state index in [1.165, 1.54) is 9.58 Å². The molecule has 1 aromatic heterocycles. The summed E-state index contributed by atoms with van der Waals surface area (Å²) in [5.41, 5.74) is 7.42. The normalized spacial score (nSPS) is 12.5. The Bertz CT molecular complexity index is 412. The van der Waals surface area contributed by atoms with E-state index in [1.807, 2.05) is 6.92 Å². The number of nitrogens with two attached hydrogens (primary N) is 1. The zero-order chi connectivity index (χ0) is 13.2. The molecule has 0 radical (unpaired) electrons. The second kappa shape index (κ2) is 5.18. The van der Waals surface area contributed by atoms with Gasteiger partial charge in [0.05, 0.1) is 17.5 Å². The van der Waals surface area contributed by atoms with Gasteiger partial charge in [0.15, 0.2) is 0 Å². The number of carbonyl (C=O) groups is 1. The predicted molar refractivity (Wildman–Crippen MR) is 65.6 cm³/mol. The number of rotatable bonds is 4. The Morgan fingerprint density at radius 1 is 1.65 bits per heavy atom. The molecule has 0 bridgehead atoms. The summed E-state index contributed by atoms with van der Waals surface area (Å²) in [7, 11) is 3.33. The highest BCUT2D eigenvalue weighted by Crippen LogP contribution is 2.18. The number of amides is 1. The van der Waals surface area contributed by atoms with Gasteiger partial charge in [0.1, 0.15) is 5.69 Å². The fourth-order valence-corrected chi connectivity index (χ4v) is 1.77. The van der Waals surface area contributed by atoms with Gasteiger partial charge in [-0.15, -0.1) is 0 Å². The van der Waals surface area contributed by atoms with Crippen molar-refractivity contribution < 1.29 is 9.90 Å². The fourth-order valence-electron chi connectivity index (χ4n) is 1.77. The van der Waals surface area contributed by atoms with Crippen LogP contribution in [-0.4, -0.2) is 45.4 Å². The highest BCUT2D eigenvalue weighted by atomic mass is 16.3. The number of aromatic nitrogens is 2. The molecule has 0 saturated carbocycles. The summed E-state index contributed by atoms with van der Waals surface area (Å²) in [5.74, 6) is -0.224. The lowest BCUT2D eigenvalue weighted by Gasteiger charge is -2.18. The molecular formula is C11H20N4O2. The number of carbonyl (C=O) groups excluding carboxylic acids is 1. The minimum Gasteiger partial charge on any atom is -0.395 e. The number of anilines is 1. The Labute approximate surface area is 101 Å². The van der Waals surface area contributed by atoms with Crippen molar-refractivity contribution in [2.75, 3.05) is 19.3 Å². The maximum atomic E-state index is 12.1. The predicted octanol–water partition coefficient (Wildman–Crippen LogP) is 0.0175. The first kappa shape index (κ1) is 13.5. The molecule has 1 aromatic rings. The molecule has 0 aliphatic rings. The maximum absolute atomic E-state index is 12.1. The van der Waals surface area contributed by atoms with E-state index in [1.54, 1.807) is 21.0 Å². The van der Waals surface area contributed by atoms with Crippen molar-refractivity contribution in [3.8, 4) is 0 Å². The van der Waals surface area contributed by atoms with Gasteiger partial charge in [-0.2, -0.15) is 5.10 Å². The molecule has 0 saturated heterocycles. The molecule has 0 fully saturated rings. The Balaban J connectivity index is 3.00. The van der Waals surface area contributed by atoms with Crippen molar-refractivity contribution in [2.45, 2.75) is 26.4 Å². The molecule has 96 valence electrons. The zero-order valence-electron chi connectivity index (χ0n) is 10.8. The zero-order valence-corrected chi connectivity index (χ0v) is 10.8. The van der Waals surface area contributed by atoms with Crippen LogP contribution in [0.5, 0.6) is 0 Å². The molecule has 17 heavy (non-hydrogen) atoms. The van der Waals surface area contributed by atoms with Gasteiger partial charge in [0.25, 0.3) is 5.91 Å². The Kier molecular flexibility index (Phi) is 4.11. The average Bonchev–Trinajstić information content (AvgIpc) is 2.51. The van der Waals surface area contributed by atoms with Gasteiger partial charge in [-0.1, -0.05) is 6.92 Å². The molecule has 1 atom stereocenters. The molecule has 6 nitrogen and oxygen atoms in total. The highest BCUT2D eigenvalue weighted by molar-refractivity contribution is 5.97. The van der Waals surface area contributed by atoms with E-state index in [0.29, 0.717) is 17.8 Å². The third kappa shape index (κ3) is 2.76. The number of likely N-dealkylation sites (N-methyl/N-ethyl adjacent to an activating group) is 1. The first-order valence-corrected chi connectivity index (χ1v) is 5.63. The van der Waals surface area contributed by atoms with Gasteiger partial charge in [-0.25, -0.2) is 0 Å². The molecule has 0 aliphatic heterocycles. The molecule has 0 spiro atoms. The van der Waals surface area contributed by atoms with Gasteiger partial charge in [0, 0.05) is 20.6 Å². The Morgan fingerprint density at radius 3 is 2.65 bits per heavy atom. The number of hydrogen-bond donors (Lipinski definition) is 2. The van der Waals surface area contributed by atoms with E-state index in [2.05, 4.69) is 5.10 Å². The van der Waals surface area contributed by atoms with Gasteiger partial charge < -0.3 is 15.7 Å². The van der Waals surface area contributed by atoms with Gasteiger partial charge in [-0.05, 0) is 13.3 Å². The van der Waals surface area contributed by atoms with Crippen LogP contribution >= 0.6 is 0 Å². The monoisotopic (exact) mass is 240 g/mol. The second-order valence-corrected chi connectivity index (χ2v) is 4.22. The topological polar surface area (TPSA) is 84.4 Å². The molecule has 1 unspecified atom stereocenters. The highest BCUT2D eigenvalue weighted by Gasteiger charge is 2.22. The molecule has 1 rings (SSSR count). The molecule has 3 N–H and O–H groups in total. The van der Waals surface area contributed by atoms with Crippen molar-refractivity contribution in [2.24, 2.45) is 7.05 Å². The quantitative estimate of drug-likeness (QED) is 0.777. The van der Waals surface area contributed by atoms with Crippen LogP contribution in [-0.2, 0) is 13.5 Å². The van der Waals surface area contributed by atoms with E-state index >= 15 is 0 Å². The third-order valence-corrected chi connectivity index (χ3v) is 2.58. The number of hydrogen-bond acceptors (Lipinski definition) is 4. The summed E-state index contributed by atoms with van der Waals surface area (Å²) in [4.78, 5) is 13.6. The standard InChI is InChI=1S/C11H20N4O2/c1-5-8-9(12)10(15(4)13-8)11(17)14(3)6-7(2)16/h7,16H,5-6,12H2,1-4H3. The number of aliphatic hydroxyl groups excluding tert-OH is 1. The van der Waals surface area contributed by atoms with E-state index in [-0.39, 0.29) is 12.5 Å². The third-order valence-electron chi connectivity index (χ3n) is 2.58. The van der Waals surface area contributed by atoms with Crippen LogP contribution in [0.2, 0.25) is 0 Å². The molecular weight excluding hydrogens is 220 g/mol. The number of nitrogens with zero attached hydrogens (tertiary/aromatic N) is 3. The van der Waals surface area contributed by atoms with Crippen LogP contribution in [0, 0.1) is 0 Å². The SMILES string of the molecule is CCc1nn(C)c(C(=O)N(C)CC(C)O)c1N. The molecule has 1 heterocycles. The number of nitrogen functional groups attached to an aromatic ring is 1. The summed E-state index contributed by atoms with van der Waals surface area (Å²) >= 11 is 0. The van der Waals surface area contributed by atoms with Crippen LogP contribution in [0.4, 0.5) is 5.69 Å². The molecule has 6 heteroatoms. The van der Waals surface area contributed by atoms with E-state index < -0.39 is 6.10 Å². The first-order valence-electron chi connectivity index (χ1n) is 5.63. The fraction of sp³-hybridized carbons (Fsp3) is 0.636. The smallest absolute Gasteiger partial charge is 0.274 e. The lowest BCUT2D eigenvalue weighted by Crippen LogP contribution is -2.34. The number of aliphatic hydroxyl groups is 1. The summed E-state index contributed by atoms with van der Waals surface area (Å²) in [6, 6.07) is 0. The van der Waals surface area contributed by atoms with Gasteiger partial charge in [0.2, 0.25) is 0 Å². The lowest BCUT2D eigenvalue weighted by atomic mass is 10.2. The van der Waals surface area contributed by atoms with Gasteiger partial charge >= 0.3 is 0 Å². The van der Waals surface area contributed by atoms with Crippen LogP contribution in [0.3, 0.4) is 0 Å². The Morgan fingerprint density at radius 2 is 2.24 bits per heavy atom. The summed E-state index contributed by atoms with van der Waals surface area (Å²) in [5, 5.41) is 13.5. The van der Waals surface area contributed by atoms with Crippen molar-refractivity contribution >= 4 is 11.6 Å². The minimum atomic E-state index is -0.566. The largest absolute Gasteiger partial charge is 0.395 e. The molecule has 1 amide bonds. The van der Waals surface area contributed by atoms with E-state index in [4.69, 9.17) is 5.73 Å². The van der Waals surface area contributed by atoms with Crippen molar-refractivity contribution in [1.29, 1.82) is 0 Å². The molecule has 0 aromatic carbocycles. The first-order chi connectivity index (χ1) is 7.88. The Hall–Kier alpha value is -1.56. The maximum Gasteiger partial charge on any atom is 0.274 e. The van der Waals surface area contributed by atoms with E-state index in [9.17, 15) is 9.90 Å². The van der Waals surface area contributed by atoms with Gasteiger partial charge in [-0.3, -0.25) is 9.48 Å². The van der Waals surface area contributed by atoms with Crippen molar-refractivity contribution in [3.63, 3.8) is 0 Å². The minimum absolute atomic E-state index is 0.224. The molecule has 0 aliphatic carbocycles.